The number of aromatic nitrogens is 1. The zero-order valence-corrected chi connectivity index (χ0v) is 16.0. The molecule has 142 valence electrons. The molecule has 0 aliphatic rings. The third kappa shape index (κ3) is 4.57. The fourth-order valence-electron chi connectivity index (χ4n) is 3.58. The highest BCUT2D eigenvalue weighted by molar-refractivity contribution is 5.94. The summed E-state index contributed by atoms with van der Waals surface area (Å²) in [6.45, 7) is 3.14. The van der Waals surface area contributed by atoms with Gasteiger partial charge in [0.2, 0.25) is 5.91 Å². The normalized spacial score (nSPS) is 11.1. The Morgan fingerprint density at radius 1 is 0.852 bits per heavy atom. The number of hydrogen-bond donors (Lipinski definition) is 1. The largest absolute Gasteiger partial charge is 0.355 e. The van der Waals surface area contributed by atoms with E-state index in [2.05, 4.69) is 12.2 Å². The van der Waals surface area contributed by atoms with Crippen molar-refractivity contribution in [3.8, 4) is 0 Å². The molecule has 1 heterocycles. The first kappa shape index (κ1) is 19.2. The van der Waals surface area contributed by atoms with E-state index in [4.69, 9.17) is 0 Å². The zero-order valence-electron chi connectivity index (χ0n) is 16.0. The van der Waals surface area contributed by atoms with Crippen molar-refractivity contribution in [1.82, 2.24) is 9.88 Å². The minimum atomic E-state index is -0.0116. The first-order chi connectivity index (χ1) is 13.2. The number of nitrogens with zero attached hydrogens (tertiary/aromatic N) is 1. The van der Waals surface area contributed by atoms with Gasteiger partial charge in [0.05, 0.1) is 11.0 Å². The minimum Gasteiger partial charge on any atom is -0.355 e. The number of pyridine rings is 1. The van der Waals surface area contributed by atoms with E-state index < -0.39 is 0 Å². The van der Waals surface area contributed by atoms with Crippen LogP contribution in [-0.4, -0.2) is 17.0 Å². The fourth-order valence-corrected chi connectivity index (χ4v) is 3.58. The van der Waals surface area contributed by atoms with Crippen molar-refractivity contribution in [3.63, 3.8) is 0 Å². The van der Waals surface area contributed by atoms with Gasteiger partial charge in [-0.2, -0.15) is 0 Å². The van der Waals surface area contributed by atoms with E-state index >= 15 is 0 Å². The zero-order chi connectivity index (χ0) is 19.1. The molecule has 0 spiro atoms. The van der Waals surface area contributed by atoms with Crippen LogP contribution in [0.5, 0.6) is 0 Å². The van der Waals surface area contributed by atoms with Crippen LogP contribution in [0.2, 0.25) is 0 Å². The molecular formula is C23H28N2O2. The van der Waals surface area contributed by atoms with E-state index in [9.17, 15) is 9.59 Å². The summed E-state index contributed by atoms with van der Waals surface area (Å²) in [4.78, 5) is 25.2. The lowest BCUT2D eigenvalue weighted by atomic mass is 10.1. The summed E-state index contributed by atoms with van der Waals surface area (Å²) in [5.41, 5.74) is 1.62. The molecule has 3 aromatic rings. The van der Waals surface area contributed by atoms with Crippen LogP contribution in [0, 0.1) is 0 Å². The highest BCUT2D eigenvalue weighted by atomic mass is 16.2. The molecule has 3 rings (SSSR count). The Kier molecular flexibility index (Phi) is 6.64. The monoisotopic (exact) mass is 364 g/mol. The smallest absolute Gasteiger partial charge is 0.239 e. The number of carbonyl (C=O) groups excluding carboxylic acids is 1. The van der Waals surface area contributed by atoms with Crippen molar-refractivity contribution in [2.24, 2.45) is 0 Å². The second-order valence-electron chi connectivity index (χ2n) is 7.07. The molecule has 0 unspecified atom stereocenters. The van der Waals surface area contributed by atoms with Crippen molar-refractivity contribution < 1.29 is 4.79 Å². The van der Waals surface area contributed by atoms with Gasteiger partial charge in [-0.25, -0.2) is 0 Å². The number of para-hydroxylation sites is 2. The lowest BCUT2D eigenvalue weighted by Gasteiger charge is -2.15. The first-order valence-electron chi connectivity index (χ1n) is 9.99. The van der Waals surface area contributed by atoms with Gasteiger partial charge < -0.3 is 9.88 Å². The van der Waals surface area contributed by atoms with Gasteiger partial charge >= 0.3 is 0 Å². The highest BCUT2D eigenvalue weighted by Gasteiger charge is 2.12. The molecule has 4 heteroatoms. The topological polar surface area (TPSA) is 51.1 Å². The number of fused-ring (bicyclic) bond motifs is 2. The number of rotatable bonds is 9. The molecule has 0 radical (unpaired) electrons. The van der Waals surface area contributed by atoms with Gasteiger partial charge in [-0.15, -0.1) is 0 Å². The fraction of sp³-hybridized carbons (Fsp3) is 0.391. The SMILES string of the molecule is CCCCCCCCNC(=O)Cn1c2ccccc2c(=O)c2ccccc21. The number of carbonyl (C=O) groups is 1. The molecule has 0 bridgehead atoms. The number of nitrogens with one attached hydrogen (secondary N) is 1. The quantitative estimate of drug-likeness (QED) is 0.444. The molecule has 0 saturated carbocycles. The molecule has 0 saturated heterocycles. The Bertz CT molecular complexity index is 915. The molecule has 4 nitrogen and oxygen atoms in total. The number of amides is 1. The standard InChI is InChI=1S/C23H28N2O2/c1-2-3-4-5-6-11-16-24-22(26)17-25-20-14-9-7-12-18(20)23(27)19-13-8-10-15-21(19)25/h7-10,12-15H,2-6,11,16-17H2,1H3,(H,24,26). The van der Waals surface area contributed by atoms with Crippen molar-refractivity contribution in [2.75, 3.05) is 6.54 Å². The summed E-state index contributed by atoms with van der Waals surface area (Å²) in [6.07, 6.45) is 7.22. The highest BCUT2D eigenvalue weighted by Crippen LogP contribution is 2.18. The molecule has 1 aromatic heterocycles. The predicted molar refractivity (Wildman–Crippen MR) is 112 cm³/mol. The Morgan fingerprint density at radius 2 is 1.41 bits per heavy atom. The molecule has 27 heavy (non-hydrogen) atoms. The van der Waals surface area contributed by atoms with Gasteiger partial charge in [-0.3, -0.25) is 9.59 Å². The number of hydrogen-bond acceptors (Lipinski definition) is 2. The molecule has 0 fully saturated rings. The molecule has 1 amide bonds. The number of benzene rings is 2. The van der Waals surface area contributed by atoms with E-state index in [0.29, 0.717) is 17.3 Å². The second-order valence-corrected chi connectivity index (χ2v) is 7.07. The van der Waals surface area contributed by atoms with Gasteiger partial charge in [0.1, 0.15) is 6.54 Å². The molecule has 1 N–H and O–H groups in total. The van der Waals surface area contributed by atoms with Crippen molar-refractivity contribution in [1.29, 1.82) is 0 Å². The third-order valence-electron chi connectivity index (χ3n) is 5.03. The first-order valence-corrected chi connectivity index (χ1v) is 9.99. The van der Waals surface area contributed by atoms with Gasteiger partial charge in [-0.05, 0) is 30.7 Å². The molecule has 0 atom stereocenters. The maximum atomic E-state index is 12.7. The van der Waals surface area contributed by atoms with E-state index in [1.807, 2.05) is 53.1 Å². The summed E-state index contributed by atoms with van der Waals surface area (Å²) in [5, 5.41) is 4.33. The summed E-state index contributed by atoms with van der Waals surface area (Å²) >= 11 is 0. The van der Waals surface area contributed by atoms with Gasteiger partial charge in [0, 0.05) is 17.3 Å². The molecule has 2 aromatic carbocycles. The van der Waals surface area contributed by atoms with Gasteiger partial charge in [0.15, 0.2) is 5.43 Å². The van der Waals surface area contributed by atoms with Crippen molar-refractivity contribution in [3.05, 3.63) is 58.8 Å². The van der Waals surface area contributed by atoms with Crippen LogP contribution in [0.3, 0.4) is 0 Å². The van der Waals surface area contributed by atoms with Crippen molar-refractivity contribution >= 4 is 27.7 Å². The lowest BCUT2D eigenvalue weighted by molar-refractivity contribution is -0.121. The minimum absolute atomic E-state index is 0.0116. The van der Waals surface area contributed by atoms with E-state index in [1.165, 1.54) is 25.7 Å². The Morgan fingerprint density at radius 3 is 2.04 bits per heavy atom. The summed E-state index contributed by atoms with van der Waals surface area (Å²) in [6, 6.07) is 15.0. The van der Waals surface area contributed by atoms with Gasteiger partial charge in [-0.1, -0.05) is 63.3 Å². The third-order valence-corrected chi connectivity index (χ3v) is 5.03. The van der Waals surface area contributed by atoms with E-state index in [-0.39, 0.29) is 17.9 Å². The van der Waals surface area contributed by atoms with Crippen LogP contribution in [0.4, 0.5) is 0 Å². The number of unbranched alkanes of at least 4 members (excludes halogenated alkanes) is 5. The second kappa shape index (κ2) is 9.36. The average molecular weight is 364 g/mol. The van der Waals surface area contributed by atoms with E-state index in [0.717, 1.165) is 23.9 Å². The Labute approximate surface area is 160 Å². The van der Waals surface area contributed by atoms with Crippen LogP contribution in [0.25, 0.3) is 21.8 Å². The van der Waals surface area contributed by atoms with Gasteiger partial charge in [0.25, 0.3) is 0 Å². The van der Waals surface area contributed by atoms with Crippen LogP contribution in [0.15, 0.2) is 53.3 Å². The summed E-state index contributed by atoms with van der Waals surface area (Å²) < 4.78 is 1.95. The van der Waals surface area contributed by atoms with E-state index in [1.54, 1.807) is 0 Å². The average Bonchev–Trinajstić information content (AvgIpc) is 2.70. The van der Waals surface area contributed by atoms with Crippen LogP contribution in [-0.2, 0) is 11.3 Å². The molecule has 0 aliphatic carbocycles. The Balaban J connectivity index is 1.73. The maximum absolute atomic E-state index is 12.7. The van der Waals surface area contributed by atoms with Crippen LogP contribution >= 0.6 is 0 Å². The summed E-state index contributed by atoms with van der Waals surface area (Å²) in [7, 11) is 0. The maximum Gasteiger partial charge on any atom is 0.239 e. The van der Waals surface area contributed by atoms with Crippen LogP contribution in [0.1, 0.15) is 45.4 Å². The lowest BCUT2D eigenvalue weighted by Crippen LogP contribution is -2.29. The predicted octanol–water partition coefficient (Wildman–Crippen LogP) is 4.63. The summed E-state index contributed by atoms with van der Waals surface area (Å²) in [5.74, 6) is -0.0116. The Hall–Kier alpha value is -2.62. The molecular weight excluding hydrogens is 336 g/mol. The molecule has 0 aliphatic heterocycles. The van der Waals surface area contributed by atoms with Crippen molar-refractivity contribution in [2.45, 2.75) is 52.0 Å². The van der Waals surface area contributed by atoms with Crippen LogP contribution < -0.4 is 10.7 Å².